The van der Waals surface area contributed by atoms with E-state index in [-0.39, 0.29) is 0 Å². The Hall–Kier alpha value is -2.48. The van der Waals surface area contributed by atoms with Gasteiger partial charge in [0.25, 0.3) is 0 Å². The van der Waals surface area contributed by atoms with E-state index in [2.05, 4.69) is 27.3 Å². The molecule has 4 aromatic rings. The molecule has 0 N–H and O–H groups in total. The predicted molar refractivity (Wildman–Crippen MR) is 82.6 cm³/mol. The van der Waals surface area contributed by atoms with Gasteiger partial charge in [-0.15, -0.1) is 10.2 Å². The molecule has 0 spiro atoms. The zero-order chi connectivity index (χ0) is 15.1. The van der Waals surface area contributed by atoms with E-state index >= 15 is 0 Å². The van der Waals surface area contributed by atoms with Crippen LogP contribution >= 0.6 is 11.3 Å². The largest absolute Gasteiger partial charge is 0.461 e. The van der Waals surface area contributed by atoms with Gasteiger partial charge < -0.3 is 4.42 Å². The molecule has 112 valence electrons. The minimum atomic E-state index is 0.612. The first-order valence-electron chi connectivity index (χ1n) is 7.07. The Balaban J connectivity index is 1.84. The molecule has 8 heteroatoms. The van der Waals surface area contributed by atoms with Crippen LogP contribution in [0.2, 0.25) is 0 Å². The molecule has 0 fully saturated rings. The first-order valence-corrected chi connectivity index (χ1v) is 7.89. The molecule has 0 amide bonds. The standard InChI is InChI=1S/C14H14N6OS/c1-3-6-19-10(8-9(2)17-19)13-18-20-12(11-5-4-7-21-11)15-16-14(20)22-13/h4-5,7-8H,3,6H2,1-2H3. The van der Waals surface area contributed by atoms with Crippen LogP contribution in [0.1, 0.15) is 19.0 Å². The maximum atomic E-state index is 5.39. The van der Waals surface area contributed by atoms with Gasteiger partial charge in [0.05, 0.1) is 17.7 Å². The highest BCUT2D eigenvalue weighted by molar-refractivity contribution is 7.19. The highest BCUT2D eigenvalue weighted by Gasteiger charge is 2.18. The third-order valence-electron chi connectivity index (χ3n) is 3.29. The maximum absolute atomic E-state index is 5.39. The number of hydrogen-bond donors (Lipinski definition) is 0. The molecule has 0 saturated heterocycles. The van der Waals surface area contributed by atoms with Crippen LogP contribution in [0.4, 0.5) is 0 Å². The molecule has 0 aliphatic rings. The van der Waals surface area contributed by atoms with Gasteiger partial charge in [-0.3, -0.25) is 4.68 Å². The van der Waals surface area contributed by atoms with Crippen LogP contribution < -0.4 is 0 Å². The van der Waals surface area contributed by atoms with Gasteiger partial charge in [-0.25, -0.2) is 0 Å². The van der Waals surface area contributed by atoms with Crippen molar-refractivity contribution in [3.8, 4) is 22.3 Å². The van der Waals surface area contributed by atoms with Gasteiger partial charge in [0.2, 0.25) is 10.8 Å². The monoisotopic (exact) mass is 314 g/mol. The molecular formula is C14H14N6OS. The van der Waals surface area contributed by atoms with E-state index in [0.29, 0.717) is 11.6 Å². The fraction of sp³-hybridized carbons (Fsp3) is 0.286. The van der Waals surface area contributed by atoms with E-state index in [9.17, 15) is 0 Å². The molecule has 0 aliphatic heterocycles. The molecule has 22 heavy (non-hydrogen) atoms. The number of aromatic nitrogens is 6. The van der Waals surface area contributed by atoms with Gasteiger partial charge in [-0.2, -0.15) is 14.7 Å². The summed E-state index contributed by atoms with van der Waals surface area (Å²) < 4.78 is 9.10. The van der Waals surface area contributed by atoms with Crippen LogP contribution in [-0.4, -0.2) is 29.6 Å². The summed E-state index contributed by atoms with van der Waals surface area (Å²) in [6.07, 6.45) is 2.64. The Labute approximate surface area is 130 Å². The van der Waals surface area contributed by atoms with Crippen molar-refractivity contribution >= 4 is 16.3 Å². The zero-order valence-electron chi connectivity index (χ0n) is 12.2. The second-order valence-electron chi connectivity index (χ2n) is 5.00. The first-order chi connectivity index (χ1) is 10.8. The summed E-state index contributed by atoms with van der Waals surface area (Å²) in [4.78, 5) is 0.739. The van der Waals surface area contributed by atoms with Crippen molar-refractivity contribution in [3.63, 3.8) is 0 Å². The Morgan fingerprint density at radius 2 is 2.18 bits per heavy atom. The van der Waals surface area contributed by atoms with Crippen molar-refractivity contribution in [1.29, 1.82) is 0 Å². The third kappa shape index (κ3) is 2.03. The van der Waals surface area contributed by atoms with Crippen molar-refractivity contribution in [1.82, 2.24) is 29.6 Å². The van der Waals surface area contributed by atoms with Crippen LogP contribution in [0.5, 0.6) is 0 Å². The summed E-state index contributed by atoms with van der Waals surface area (Å²) in [5, 5.41) is 18.4. The molecule has 0 unspecified atom stereocenters. The lowest BCUT2D eigenvalue weighted by Crippen LogP contribution is -2.01. The molecule has 0 saturated carbocycles. The summed E-state index contributed by atoms with van der Waals surface area (Å²) in [6.45, 7) is 4.99. The molecule has 0 radical (unpaired) electrons. The second-order valence-corrected chi connectivity index (χ2v) is 5.95. The topological polar surface area (TPSA) is 74.0 Å². The maximum Gasteiger partial charge on any atom is 0.235 e. The Morgan fingerprint density at radius 1 is 1.27 bits per heavy atom. The molecule has 7 nitrogen and oxygen atoms in total. The van der Waals surface area contributed by atoms with Gasteiger partial charge >= 0.3 is 0 Å². The van der Waals surface area contributed by atoms with Gasteiger partial charge in [-0.1, -0.05) is 18.3 Å². The Morgan fingerprint density at radius 3 is 2.95 bits per heavy atom. The average molecular weight is 314 g/mol. The molecule has 4 aromatic heterocycles. The van der Waals surface area contributed by atoms with E-state index in [4.69, 9.17) is 4.42 Å². The molecule has 0 atom stereocenters. The summed E-state index contributed by atoms with van der Waals surface area (Å²) in [5.74, 6) is 1.27. The van der Waals surface area contributed by atoms with Crippen molar-refractivity contribution in [2.45, 2.75) is 26.8 Å². The lowest BCUT2D eigenvalue weighted by molar-refractivity contribution is 0.574. The van der Waals surface area contributed by atoms with Crippen molar-refractivity contribution in [2.75, 3.05) is 0 Å². The molecule has 0 aliphatic carbocycles. The molecule has 4 heterocycles. The number of fused-ring (bicyclic) bond motifs is 1. The van der Waals surface area contributed by atoms with E-state index < -0.39 is 0 Å². The zero-order valence-corrected chi connectivity index (χ0v) is 13.0. The number of hydrogen-bond acceptors (Lipinski definition) is 6. The van der Waals surface area contributed by atoms with Gasteiger partial charge in [-0.05, 0) is 31.5 Å². The quantitative estimate of drug-likeness (QED) is 0.579. The molecular weight excluding hydrogens is 300 g/mol. The number of aryl methyl sites for hydroxylation is 2. The van der Waals surface area contributed by atoms with Gasteiger partial charge in [0.1, 0.15) is 0 Å². The fourth-order valence-electron chi connectivity index (χ4n) is 2.38. The van der Waals surface area contributed by atoms with Crippen LogP contribution in [0.3, 0.4) is 0 Å². The van der Waals surface area contributed by atoms with Crippen LogP contribution in [0.25, 0.3) is 27.2 Å². The summed E-state index contributed by atoms with van der Waals surface area (Å²) in [6, 6.07) is 5.72. The Kier molecular flexibility index (Phi) is 3.04. The minimum Gasteiger partial charge on any atom is -0.461 e. The summed E-state index contributed by atoms with van der Waals surface area (Å²) in [7, 11) is 0. The first kappa shape index (κ1) is 13.2. The number of nitrogens with zero attached hydrogens (tertiary/aromatic N) is 6. The van der Waals surface area contributed by atoms with Crippen molar-refractivity contribution in [3.05, 3.63) is 30.2 Å². The van der Waals surface area contributed by atoms with Gasteiger partial charge in [0.15, 0.2) is 10.8 Å². The lowest BCUT2D eigenvalue weighted by atomic mass is 10.4. The Bertz CT molecular complexity index is 917. The summed E-state index contributed by atoms with van der Waals surface area (Å²) in [5.41, 5.74) is 2.00. The number of rotatable bonds is 4. The summed E-state index contributed by atoms with van der Waals surface area (Å²) >= 11 is 1.50. The van der Waals surface area contributed by atoms with E-state index in [1.807, 2.05) is 29.8 Å². The molecule has 4 rings (SSSR count). The fourth-order valence-corrected chi connectivity index (χ4v) is 3.24. The van der Waals surface area contributed by atoms with E-state index in [1.54, 1.807) is 10.8 Å². The minimum absolute atomic E-state index is 0.612. The predicted octanol–water partition coefficient (Wildman–Crippen LogP) is 3.03. The normalized spacial score (nSPS) is 11.5. The highest BCUT2D eigenvalue weighted by atomic mass is 32.1. The highest BCUT2D eigenvalue weighted by Crippen LogP contribution is 2.28. The van der Waals surface area contributed by atoms with Crippen LogP contribution in [0, 0.1) is 6.92 Å². The average Bonchev–Trinajstić information content (AvgIpc) is 3.20. The second kappa shape index (κ2) is 5.06. The molecule has 0 bridgehead atoms. The molecule has 0 aromatic carbocycles. The van der Waals surface area contributed by atoms with E-state index in [1.165, 1.54) is 11.3 Å². The lowest BCUT2D eigenvalue weighted by Gasteiger charge is -2.01. The van der Waals surface area contributed by atoms with E-state index in [0.717, 1.165) is 34.3 Å². The number of furan rings is 1. The van der Waals surface area contributed by atoms with Crippen LogP contribution in [0.15, 0.2) is 28.9 Å². The van der Waals surface area contributed by atoms with Crippen molar-refractivity contribution < 1.29 is 4.42 Å². The van der Waals surface area contributed by atoms with Crippen LogP contribution in [-0.2, 0) is 6.54 Å². The SMILES string of the molecule is CCCn1nc(C)cc1-c1nn2c(-c3ccco3)nnc2s1. The third-order valence-corrected chi connectivity index (χ3v) is 4.21. The van der Waals surface area contributed by atoms with Crippen molar-refractivity contribution in [2.24, 2.45) is 0 Å². The van der Waals surface area contributed by atoms with Gasteiger partial charge in [0, 0.05) is 6.54 Å². The smallest absolute Gasteiger partial charge is 0.235 e.